The van der Waals surface area contributed by atoms with Crippen LogP contribution in [0.25, 0.3) is 0 Å². The van der Waals surface area contributed by atoms with Gasteiger partial charge in [0.2, 0.25) is 0 Å². The van der Waals surface area contributed by atoms with Crippen LogP contribution in [0.3, 0.4) is 0 Å². The number of imidazole rings is 1. The first-order chi connectivity index (χ1) is 9.24. The zero-order valence-electron chi connectivity index (χ0n) is 11.8. The van der Waals surface area contributed by atoms with Gasteiger partial charge >= 0.3 is 0 Å². The minimum atomic E-state index is 0.336. The van der Waals surface area contributed by atoms with Crippen molar-refractivity contribution in [3.63, 3.8) is 0 Å². The van der Waals surface area contributed by atoms with Gasteiger partial charge in [-0.05, 0) is 24.1 Å². The highest BCUT2D eigenvalue weighted by atomic mass is 16.5. The topological polar surface area (TPSA) is 39.1 Å². The van der Waals surface area contributed by atoms with E-state index in [0.717, 1.165) is 24.5 Å². The van der Waals surface area contributed by atoms with Crippen molar-refractivity contribution in [2.75, 3.05) is 7.11 Å². The molecule has 0 spiro atoms. The van der Waals surface area contributed by atoms with Crippen molar-refractivity contribution in [1.82, 2.24) is 14.9 Å². The molecular formula is C15H21N3O. The van der Waals surface area contributed by atoms with Crippen molar-refractivity contribution in [1.29, 1.82) is 0 Å². The number of benzene rings is 1. The number of aryl methyl sites for hydroxylation is 1. The molecule has 0 aliphatic rings. The van der Waals surface area contributed by atoms with Crippen LogP contribution in [0.1, 0.15) is 30.8 Å². The first-order valence-corrected chi connectivity index (χ1v) is 6.58. The molecule has 0 amide bonds. The van der Waals surface area contributed by atoms with Crippen molar-refractivity contribution >= 4 is 0 Å². The molecule has 102 valence electrons. The van der Waals surface area contributed by atoms with Crippen LogP contribution >= 0.6 is 0 Å². The molecule has 2 aromatic rings. The molecule has 4 heteroatoms. The van der Waals surface area contributed by atoms with Crippen molar-refractivity contribution in [2.24, 2.45) is 7.05 Å². The van der Waals surface area contributed by atoms with Crippen LogP contribution in [0.15, 0.2) is 36.7 Å². The van der Waals surface area contributed by atoms with E-state index in [1.165, 1.54) is 5.56 Å². The quantitative estimate of drug-likeness (QED) is 0.867. The number of rotatable bonds is 6. The molecule has 1 unspecified atom stereocenters. The summed E-state index contributed by atoms with van der Waals surface area (Å²) in [6.45, 7) is 2.95. The van der Waals surface area contributed by atoms with E-state index in [1.807, 2.05) is 36.1 Å². The Morgan fingerprint density at radius 3 is 2.58 bits per heavy atom. The molecule has 1 aromatic heterocycles. The molecule has 0 fully saturated rings. The van der Waals surface area contributed by atoms with Gasteiger partial charge in [0.05, 0.1) is 13.7 Å². The van der Waals surface area contributed by atoms with Crippen LogP contribution in [0, 0.1) is 0 Å². The highest BCUT2D eigenvalue weighted by molar-refractivity contribution is 5.29. The highest BCUT2D eigenvalue weighted by Crippen LogP contribution is 2.20. The zero-order valence-corrected chi connectivity index (χ0v) is 11.8. The van der Waals surface area contributed by atoms with E-state index >= 15 is 0 Å². The van der Waals surface area contributed by atoms with Crippen LogP contribution in [0.4, 0.5) is 0 Å². The van der Waals surface area contributed by atoms with E-state index < -0.39 is 0 Å². The Kier molecular flexibility index (Phi) is 4.58. The van der Waals surface area contributed by atoms with Crippen molar-refractivity contribution in [3.8, 4) is 5.75 Å². The van der Waals surface area contributed by atoms with Gasteiger partial charge in [0, 0.05) is 25.5 Å². The standard InChI is InChI=1S/C15H21N3O/c1-4-14(12-5-7-13(19-3)8-6-12)17-11-15-16-9-10-18(15)2/h5-10,14,17H,4,11H2,1-3H3. The Balaban J connectivity index is 2.01. The normalized spacial score (nSPS) is 12.4. The summed E-state index contributed by atoms with van der Waals surface area (Å²) in [5.41, 5.74) is 1.28. The van der Waals surface area contributed by atoms with E-state index in [2.05, 4.69) is 29.4 Å². The lowest BCUT2D eigenvalue weighted by Crippen LogP contribution is -2.22. The molecule has 19 heavy (non-hydrogen) atoms. The van der Waals surface area contributed by atoms with Crippen molar-refractivity contribution in [3.05, 3.63) is 48.0 Å². The fraction of sp³-hybridized carbons (Fsp3) is 0.400. The van der Waals surface area contributed by atoms with Crippen LogP contribution < -0.4 is 10.1 Å². The van der Waals surface area contributed by atoms with E-state index in [-0.39, 0.29) is 0 Å². The average Bonchev–Trinajstić information content (AvgIpc) is 2.86. The maximum absolute atomic E-state index is 5.18. The second-order valence-corrected chi connectivity index (χ2v) is 4.57. The minimum absolute atomic E-state index is 0.336. The summed E-state index contributed by atoms with van der Waals surface area (Å²) < 4.78 is 7.22. The number of aromatic nitrogens is 2. The predicted octanol–water partition coefficient (Wildman–Crippen LogP) is 2.67. The fourth-order valence-corrected chi connectivity index (χ4v) is 2.12. The third kappa shape index (κ3) is 3.35. The first-order valence-electron chi connectivity index (χ1n) is 6.58. The summed E-state index contributed by atoms with van der Waals surface area (Å²) in [6.07, 6.45) is 4.83. The molecule has 0 saturated heterocycles. The Bertz CT molecular complexity index is 504. The molecule has 0 bridgehead atoms. The second kappa shape index (κ2) is 6.38. The number of hydrogen-bond donors (Lipinski definition) is 1. The monoisotopic (exact) mass is 259 g/mol. The lowest BCUT2D eigenvalue weighted by Gasteiger charge is -2.17. The number of hydrogen-bond acceptors (Lipinski definition) is 3. The lowest BCUT2D eigenvalue weighted by molar-refractivity contribution is 0.414. The van der Waals surface area contributed by atoms with Gasteiger partial charge in [-0.2, -0.15) is 0 Å². The average molecular weight is 259 g/mol. The SMILES string of the molecule is CCC(NCc1nccn1C)c1ccc(OC)cc1. The third-order valence-corrected chi connectivity index (χ3v) is 3.35. The summed E-state index contributed by atoms with van der Waals surface area (Å²) >= 11 is 0. The molecule has 0 radical (unpaired) electrons. The summed E-state index contributed by atoms with van der Waals surface area (Å²) in [5, 5.41) is 3.54. The maximum atomic E-state index is 5.18. The van der Waals surface area contributed by atoms with Gasteiger partial charge < -0.3 is 14.6 Å². The van der Waals surface area contributed by atoms with Gasteiger partial charge in [0.1, 0.15) is 11.6 Å². The van der Waals surface area contributed by atoms with Gasteiger partial charge in [-0.15, -0.1) is 0 Å². The largest absolute Gasteiger partial charge is 0.497 e. The van der Waals surface area contributed by atoms with Crippen LogP contribution in [-0.4, -0.2) is 16.7 Å². The third-order valence-electron chi connectivity index (χ3n) is 3.35. The fourth-order valence-electron chi connectivity index (χ4n) is 2.12. The van der Waals surface area contributed by atoms with Gasteiger partial charge in [0.15, 0.2) is 0 Å². The van der Waals surface area contributed by atoms with Crippen LogP contribution in [-0.2, 0) is 13.6 Å². The Morgan fingerprint density at radius 2 is 2.05 bits per heavy atom. The number of ether oxygens (including phenoxy) is 1. The molecule has 0 aliphatic carbocycles. The minimum Gasteiger partial charge on any atom is -0.497 e. The van der Waals surface area contributed by atoms with E-state index in [4.69, 9.17) is 4.74 Å². The summed E-state index contributed by atoms with van der Waals surface area (Å²) in [5.74, 6) is 1.94. The molecule has 0 aliphatic heterocycles. The summed E-state index contributed by atoms with van der Waals surface area (Å²) in [6, 6.07) is 8.56. The number of nitrogens with zero attached hydrogens (tertiary/aromatic N) is 2. The molecule has 2 rings (SSSR count). The van der Waals surface area contributed by atoms with Gasteiger partial charge in [-0.1, -0.05) is 19.1 Å². The van der Waals surface area contributed by atoms with Crippen LogP contribution in [0.5, 0.6) is 5.75 Å². The lowest BCUT2D eigenvalue weighted by atomic mass is 10.0. The smallest absolute Gasteiger partial charge is 0.122 e. The second-order valence-electron chi connectivity index (χ2n) is 4.57. The molecule has 1 heterocycles. The zero-order chi connectivity index (χ0) is 13.7. The Labute approximate surface area is 114 Å². The molecule has 1 atom stereocenters. The Hall–Kier alpha value is -1.81. The molecule has 4 nitrogen and oxygen atoms in total. The highest BCUT2D eigenvalue weighted by Gasteiger charge is 2.10. The summed E-state index contributed by atoms with van der Waals surface area (Å²) in [4.78, 5) is 4.32. The summed E-state index contributed by atoms with van der Waals surface area (Å²) in [7, 11) is 3.70. The van der Waals surface area contributed by atoms with Crippen molar-refractivity contribution in [2.45, 2.75) is 25.9 Å². The molecule has 0 saturated carbocycles. The predicted molar refractivity (Wildman–Crippen MR) is 76.1 cm³/mol. The number of nitrogens with one attached hydrogen (secondary N) is 1. The van der Waals surface area contributed by atoms with Gasteiger partial charge in [-0.3, -0.25) is 0 Å². The van der Waals surface area contributed by atoms with Gasteiger partial charge in [0.25, 0.3) is 0 Å². The molecule has 1 aromatic carbocycles. The van der Waals surface area contributed by atoms with E-state index in [0.29, 0.717) is 6.04 Å². The van der Waals surface area contributed by atoms with E-state index in [1.54, 1.807) is 7.11 Å². The Morgan fingerprint density at radius 1 is 1.32 bits per heavy atom. The number of methoxy groups -OCH3 is 1. The molecular weight excluding hydrogens is 238 g/mol. The van der Waals surface area contributed by atoms with Gasteiger partial charge in [-0.25, -0.2) is 4.98 Å². The first kappa shape index (κ1) is 13.6. The maximum Gasteiger partial charge on any atom is 0.122 e. The van der Waals surface area contributed by atoms with Crippen molar-refractivity contribution < 1.29 is 4.74 Å². The van der Waals surface area contributed by atoms with Crippen LogP contribution in [0.2, 0.25) is 0 Å². The van der Waals surface area contributed by atoms with E-state index in [9.17, 15) is 0 Å². The molecule has 1 N–H and O–H groups in total.